The third-order valence-corrected chi connectivity index (χ3v) is 1.69. The molecule has 1 aromatic rings. The number of halogens is 3. The second kappa shape index (κ2) is 4.72. The number of hydrogen-bond acceptors (Lipinski definition) is 6. The highest BCUT2D eigenvalue weighted by molar-refractivity contribution is 6.66. The zero-order chi connectivity index (χ0) is 11.5. The number of ether oxygens (including phenoxy) is 1. The number of rotatable bonds is 2. The zero-order valence-electron chi connectivity index (χ0n) is 7.24. The average molecular weight is 269 g/mol. The summed E-state index contributed by atoms with van der Waals surface area (Å²) in [5, 5.41) is 0. The van der Waals surface area contributed by atoms with Crippen LogP contribution in [0.5, 0.6) is 6.01 Å². The highest BCUT2D eigenvalue weighted by atomic mass is 35.6. The van der Waals surface area contributed by atoms with Gasteiger partial charge >= 0.3 is 6.01 Å². The van der Waals surface area contributed by atoms with Gasteiger partial charge in [-0.05, 0) is 0 Å². The Balaban J connectivity index is 3.29. The number of methoxy groups -OCH3 is 1. The van der Waals surface area contributed by atoms with Crippen molar-refractivity contribution in [3.8, 4) is 6.01 Å². The first-order valence-corrected chi connectivity index (χ1v) is 4.56. The van der Waals surface area contributed by atoms with E-state index in [9.17, 15) is 4.79 Å². The highest BCUT2D eigenvalue weighted by Gasteiger charge is 2.28. The van der Waals surface area contributed by atoms with Gasteiger partial charge in [0.05, 0.1) is 7.11 Å². The second-order valence-electron chi connectivity index (χ2n) is 2.15. The highest BCUT2D eigenvalue weighted by Crippen LogP contribution is 2.36. The van der Waals surface area contributed by atoms with E-state index in [2.05, 4.69) is 19.9 Å². The summed E-state index contributed by atoms with van der Waals surface area (Å²) < 4.78 is 2.87. The van der Waals surface area contributed by atoms with Crippen molar-refractivity contribution < 1.29 is 9.53 Å². The van der Waals surface area contributed by atoms with Gasteiger partial charge in [0.15, 0.2) is 5.82 Å². The Morgan fingerprint density at radius 2 is 2.00 bits per heavy atom. The van der Waals surface area contributed by atoms with Crippen molar-refractivity contribution >= 4 is 46.8 Å². The van der Waals surface area contributed by atoms with Crippen molar-refractivity contribution in [2.45, 2.75) is 3.79 Å². The van der Waals surface area contributed by atoms with Crippen LogP contribution in [0.25, 0.3) is 0 Å². The molecule has 9 heteroatoms. The number of carbonyl (C=O) groups excluding carboxylic acids is 1. The minimum absolute atomic E-state index is 0.111. The first kappa shape index (κ1) is 12.1. The van der Waals surface area contributed by atoms with Crippen LogP contribution in [-0.2, 0) is 8.59 Å². The van der Waals surface area contributed by atoms with Crippen LogP contribution in [0.1, 0.15) is 5.82 Å². The molecule has 0 aliphatic carbocycles. The van der Waals surface area contributed by atoms with E-state index in [1.54, 1.807) is 0 Å². The van der Waals surface area contributed by atoms with E-state index < -0.39 is 3.79 Å². The third kappa shape index (κ3) is 3.28. The Labute approximate surface area is 99.3 Å². The normalized spacial score (nSPS) is 10.7. The van der Waals surface area contributed by atoms with E-state index in [1.807, 2.05) is 0 Å². The second-order valence-corrected chi connectivity index (χ2v) is 4.43. The number of aliphatic imine (C=N–C) groups is 1. The lowest BCUT2D eigenvalue weighted by Crippen LogP contribution is -2.09. The maximum Gasteiger partial charge on any atom is 0.321 e. The van der Waals surface area contributed by atoms with Crippen LogP contribution in [0.15, 0.2) is 4.99 Å². The standard InChI is InChI=1S/C6H3Cl3N4O2/c1-15-5-12-3(6(7,8)9)11-4(13-5)10-2-14/h1H3. The molecule has 0 atom stereocenters. The molecule has 0 aliphatic rings. The van der Waals surface area contributed by atoms with Crippen LogP contribution in [0.4, 0.5) is 5.95 Å². The van der Waals surface area contributed by atoms with Crippen LogP contribution >= 0.6 is 34.8 Å². The summed E-state index contributed by atoms with van der Waals surface area (Å²) in [6.45, 7) is 0. The third-order valence-electron chi connectivity index (χ3n) is 1.18. The van der Waals surface area contributed by atoms with Gasteiger partial charge in [0.2, 0.25) is 9.87 Å². The molecule has 6 nitrogen and oxygen atoms in total. The Morgan fingerprint density at radius 1 is 1.33 bits per heavy atom. The van der Waals surface area contributed by atoms with Gasteiger partial charge in [-0.1, -0.05) is 34.8 Å². The van der Waals surface area contributed by atoms with Crippen LogP contribution < -0.4 is 4.74 Å². The minimum Gasteiger partial charge on any atom is -0.467 e. The molecular formula is C6H3Cl3N4O2. The van der Waals surface area contributed by atoms with E-state index in [0.29, 0.717) is 0 Å². The van der Waals surface area contributed by atoms with Gasteiger partial charge in [0.25, 0.3) is 5.95 Å². The average Bonchev–Trinajstić information content (AvgIpc) is 2.16. The fourth-order valence-corrected chi connectivity index (χ4v) is 0.908. The zero-order valence-corrected chi connectivity index (χ0v) is 9.51. The summed E-state index contributed by atoms with van der Waals surface area (Å²) >= 11 is 16.6. The van der Waals surface area contributed by atoms with Crippen molar-refractivity contribution in [1.82, 2.24) is 15.0 Å². The molecule has 1 aromatic heterocycles. The number of aromatic nitrogens is 3. The first-order chi connectivity index (χ1) is 6.97. The van der Waals surface area contributed by atoms with Gasteiger partial charge in [0.1, 0.15) is 0 Å². The van der Waals surface area contributed by atoms with Crippen molar-refractivity contribution in [2.75, 3.05) is 7.11 Å². The van der Waals surface area contributed by atoms with Crippen LogP contribution in [-0.4, -0.2) is 28.1 Å². The fraction of sp³-hybridized carbons (Fsp3) is 0.333. The molecule has 0 saturated carbocycles. The molecule has 0 bridgehead atoms. The van der Waals surface area contributed by atoms with Gasteiger partial charge in [-0.2, -0.15) is 15.0 Å². The van der Waals surface area contributed by atoms with Gasteiger partial charge < -0.3 is 4.74 Å². The Kier molecular flexibility index (Phi) is 3.82. The number of alkyl halides is 3. The van der Waals surface area contributed by atoms with Crippen molar-refractivity contribution in [2.24, 2.45) is 4.99 Å². The van der Waals surface area contributed by atoms with Crippen molar-refractivity contribution in [3.05, 3.63) is 5.82 Å². The smallest absolute Gasteiger partial charge is 0.321 e. The Morgan fingerprint density at radius 3 is 2.47 bits per heavy atom. The quantitative estimate of drug-likeness (QED) is 0.464. The maximum atomic E-state index is 10.0. The maximum absolute atomic E-state index is 10.0. The molecule has 1 rings (SSSR count). The fourth-order valence-electron chi connectivity index (χ4n) is 0.655. The van der Waals surface area contributed by atoms with Crippen LogP contribution in [0.2, 0.25) is 0 Å². The lowest BCUT2D eigenvalue weighted by molar-refractivity contribution is 0.376. The molecule has 0 saturated heterocycles. The largest absolute Gasteiger partial charge is 0.467 e. The van der Waals surface area contributed by atoms with Gasteiger partial charge in [0, 0.05) is 0 Å². The van der Waals surface area contributed by atoms with Crippen LogP contribution in [0.3, 0.4) is 0 Å². The van der Waals surface area contributed by atoms with E-state index in [4.69, 9.17) is 39.5 Å². The number of hydrogen-bond donors (Lipinski definition) is 0. The lowest BCUT2D eigenvalue weighted by Gasteiger charge is -2.09. The molecule has 0 fully saturated rings. The summed E-state index contributed by atoms with van der Waals surface area (Å²) in [5.41, 5.74) is 0. The van der Waals surface area contributed by atoms with Gasteiger partial charge in [-0.25, -0.2) is 4.79 Å². The van der Waals surface area contributed by atoms with Gasteiger partial charge in [-0.15, -0.1) is 4.99 Å². The Hall–Kier alpha value is -0.940. The van der Waals surface area contributed by atoms with Crippen LogP contribution in [0, 0.1) is 0 Å². The Bertz CT molecular complexity index is 413. The summed E-state index contributed by atoms with van der Waals surface area (Å²) in [7, 11) is 1.31. The summed E-state index contributed by atoms with van der Waals surface area (Å²) in [4.78, 5) is 24.1. The topological polar surface area (TPSA) is 77.3 Å². The lowest BCUT2D eigenvalue weighted by atomic mass is 10.6. The summed E-state index contributed by atoms with van der Waals surface area (Å²) in [6, 6.07) is -0.111. The predicted molar refractivity (Wildman–Crippen MR) is 53.4 cm³/mol. The SMILES string of the molecule is COc1nc(N=C=O)nc(C(Cl)(Cl)Cl)n1. The molecule has 0 aromatic carbocycles. The van der Waals surface area contributed by atoms with E-state index in [-0.39, 0.29) is 17.8 Å². The van der Waals surface area contributed by atoms with E-state index in [1.165, 1.54) is 13.2 Å². The molecule has 80 valence electrons. The minimum atomic E-state index is -1.84. The molecule has 0 aliphatic heterocycles. The van der Waals surface area contributed by atoms with Crippen molar-refractivity contribution in [3.63, 3.8) is 0 Å². The number of isocyanates is 1. The molecule has 0 unspecified atom stereocenters. The van der Waals surface area contributed by atoms with E-state index in [0.717, 1.165) is 0 Å². The first-order valence-electron chi connectivity index (χ1n) is 3.42. The summed E-state index contributed by atoms with van der Waals surface area (Å²) in [6.07, 6.45) is 1.25. The molecular weight excluding hydrogens is 266 g/mol. The van der Waals surface area contributed by atoms with E-state index >= 15 is 0 Å². The number of nitrogens with zero attached hydrogens (tertiary/aromatic N) is 4. The van der Waals surface area contributed by atoms with Crippen molar-refractivity contribution in [1.29, 1.82) is 0 Å². The van der Waals surface area contributed by atoms with Gasteiger partial charge in [-0.3, -0.25) is 0 Å². The molecule has 0 amide bonds. The summed E-state index contributed by atoms with van der Waals surface area (Å²) in [5.74, 6) is -0.425. The monoisotopic (exact) mass is 268 g/mol. The molecule has 15 heavy (non-hydrogen) atoms. The molecule has 0 N–H and O–H groups in total. The predicted octanol–water partition coefficient (Wildman–Crippen LogP) is 1.67. The molecule has 0 radical (unpaired) electrons. The molecule has 0 spiro atoms. The molecule has 1 heterocycles.